The molecule has 0 atom stereocenters. The summed E-state index contributed by atoms with van der Waals surface area (Å²) < 4.78 is 11.7. The molecule has 4 aromatic rings. The minimum absolute atomic E-state index is 0.110. The van der Waals surface area contributed by atoms with Crippen LogP contribution >= 0.6 is 11.6 Å². The number of carbonyl (C=O) groups is 1. The van der Waals surface area contributed by atoms with Crippen LogP contribution in [-0.4, -0.2) is 33.0 Å². The molecule has 2 heterocycles. The molecule has 2 aromatic heterocycles. The fourth-order valence-electron chi connectivity index (χ4n) is 2.77. The van der Waals surface area contributed by atoms with E-state index in [1.807, 2.05) is 37.3 Å². The lowest BCUT2D eigenvalue weighted by atomic mass is 10.1. The van der Waals surface area contributed by atoms with Crippen molar-refractivity contribution in [2.45, 2.75) is 6.92 Å². The van der Waals surface area contributed by atoms with Gasteiger partial charge in [0.25, 0.3) is 5.89 Å². The number of rotatable bonds is 4. The number of nitrogens with zero attached hydrogens (tertiary/aromatic N) is 4. The van der Waals surface area contributed by atoms with E-state index >= 15 is 0 Å². The Labute approximate surface area is 165 Å². The van der Waals surface area contributed by atoms with Gasteiger partial charge in [-0.15, -0.1) is 0 Å². The number of aromatic nitrogens is 4. The standard InChI is InChI=1S/C20H15ClN4O3/c1-12-6-5-7-13(10-12)19-22-18(24-28-19)17-11-15(20(26)27-2)23-25(17)16-9-4-3-8-14(16)21/h3-11H,1-2H3. The molecule has 0 aliphatic carbocycles. The van der Waals surface area contributed by atoms with Crippen LogP contribution in [0.1, 0.15) is 16.1 Å². The molecule has 7 nitrogen and oxygen atoms in total. The minimum Gasteiger partial charge on any atom is -0.464 e. The molecule has 4 rings (SSSR count). The van der Waals surface area contributed by atoms with Crippen molar-refractivity contribution >= 4 is 17.6 Å². The van der Waals surface area contributed by atoms with E-state index in [1.54, 1.807) is 24.3 Å². The number of esters is 1. The first-order chi connectivity index (χ1) is 13.6. The lowest BCUT2D eigenvalue weighted by molar-refractivity contribution is 0.0593. The molecule has 0 amide bonds. The Hall–Kier alpha value is -3.45. The summed E-state index contributed by atoms with van der Waals surface area (Å²) in [5.41, 5.74) is 3.02. The lowest BCUT2D eigenvalue weighted by Crippen LogP contribution is -2.05. The maximum Gasteiger partial charge on any atom is 0.358 e. The van der Waals surface area contributed by atoms with Crippen molar-refractivity contribution in [3.8, 4) is 28.7 Å². The topological polar surface area (TPSA) is 83.0 Å². The van der Waals surface area contributed by atoms with Crippen molar-refractivity contribution < 1.29 is 14.1 Å². The zero-order valence-electron chi connectivity index (χ0n) is 15.1. The van der Waals surface area contributed by atoms with Gasteiger partial charge in [0.05, 0.1) is 17.8 Å². The Kier molecular flexibility index (Phi) is 4.67. The molecule has 8 heteroatoms. The number of aryl methyl sites for hydroxylation is 1. The normalized spacial score (nSPS) is 10.8. The highest BCUT2D eigenvalue weighted by Gasteiger charge is 2.22. The van der Waals surface area contributed by atoms with Crippen LogP contribution in [0.15, 0.2) is 59.1 Å². The highest BCUT2D eigenvalue weighted by atomic mass is 35.5. The molecule has 0 bridgehead atoms. The Morgan fingerprint density at radius 3 is 2.71 bits per heavy atom. The van der Waals surface area contributed by atoms with Gasteiger partial charge in [-0.05, 0) is 31.2 Å². The van der Waals surface area contributed by atoms with E-state index in [0.29, 0.717) is 22.3 Å². The van der Waals surface area contributed by atoms with Gasteiger partial charge in [-0.2, -0.15) is 10.1 Å². The van der Waals surface area contributed by atoms with Gasteiger partial charge in [0.2, 0.25) is 5.82 Å². The number of methoxy groups -OCH3 is 1. The van der Waals surface area contributed by atoms with Crippen LogP contribution < -0.4 is 0 Å². The first kappa shape index (κ1) is 17.9. The molecule has 0 unspecified atom stereocenters. The van der Waals surface area contributed by atoms with Crippen molar-refractivity contribution in [1.29, 1.82) is 0 Å². The molecule has 0 radical (unpaired) electrons. The molecule has 0 N–H and O–H groups in total. The Bertz CT molecular complexity index is 1170. The number of carbonyl (C=O) groups excluding carboxylic acids is 1. The highest BCUT2D eigenvalue weighted by molar-refractivity contribution is 6.32. The molecule has 0 aliphatic rings. The van der Waals surface area contributed by atoms with Crippen molar-refractivity contribution in [2.24, 2.45) is 0 Å². The van der Waals surface area contributed by atoms with Gasteiger partial charge in [0, 0.05) is 11.6 Å². The fourth-order valence-corrected chi connectivity index (χ4v) is 2.99. The van der Waals surface area contributed by atoms with Gasteiger partial charge >= 0.3 is 5.97 Å². The molecule has 28 heavy (non-hydrogen) atoms. The average Bonchev–Trinajstić information content (AvgIpc) is 3.35. The van der Waals surface area contributed by atoms with E-state index in [-0.39, 0.29) is 11.5 Å². The van der Waals surface area contributed by atoms with Gasteiger partial charge in [-0.3, -0.25) is 0 Å². The third-order valence-electron chi connectivity index (χ3n) is 4.10. The minimum atomic E-state index is -0.575. The van der Waals surface area contributed by atoms with Crippen LogP contribution in [0.4, 0.5) is 0 Å². The van der Waals surface area contributed by atoms with Crippen molar-refractivity contribution in [2.75, 3.05) is 7.11 Å². The average molecular weight is 395 g/mol. The largest absolute Gasteiger partial charge is 0.464 e. The lowest BCUT2D eigenvalue weighted by Gasteiger charge is -2.06. The third-order valence-corrected chi connectivity index (χ3v) is 4.42. The fraction of sp³-hybridized carbons (Fsp3) is 0.100. The molecule has 0 aliphatic heterocycles. The Morgan fingerprint density at radius 1 is 1.14 bits per heavy atom. The van der Waals surface area contributed by atoms with Gasteiger partial charge in [0.1, 0.15) is 5.69 Å². The number of halogens is 1. The first-order valence-electron chi connectivity index (χ1n) is 8.41. The summed E-state index contributed by atoms with van der Waals surface area (Å²) >= 11 is 6.32. The number of ether oxygens (including phenoxy) is 1. The third kappa shape index (κ3) is 3.27. The molecule has 0 spiro atoms. The molecule has 0 saturated carbocycles. The first-order valence-corrected chi connectivity index (χ1v) is 8.79. The maximum atomic E-state index is 12.0. The molecule has 140 valence electrons. The van der Waals surface area contributed by atoms with E-state index in [4.69, 9.17) is 20.9 Å². The van der Waals surface area contributed by atoms with E-state index < -0.39 is 5.97 Å². The predicted octanol–water partition coefficient (Wildman–Crippen LogP) is 4.34. The Morgan fingerprint density at radius 2 is 1.96 bits per heavy atom. The van der Waals surface area contributed by atoms with Crippen molar-refractivity contribution in [1.82, 2.24) is 19.9 Å². The second kappa shape index (κ2) is 7.28. The summed E-state index contributed by atoms with van der Waals surface area (Å²) in [6, 6.07) is 16.4. The van der Waals surface area contributed by atoms with Crippen molar-refractivity contribution in [3.05, 3.63) is 70.9 Å². The number of benzene rings is 2. The number of hydrogen-bond acceptors (Lipinski definition) is 6. The number of hydrogen-bond donors (Lipinski definition) is 0. The molecule has 0 saturated heterocycles. The van der Waals surface area contributed by atoms with Crippen LogP contribution in [0.5, 0.6) is 0 Å². The van der Waals surface area contributed by atoms with E-state index in [9.17, 15) is 4.79 Å². The summed E-state index contributed by atoms with van der Waals surface area (Å²) in [5, 5.41) is 8.85. The second-order valence-corrected chi connectivity index (χ2v) is 6.47. The summed E-state index contributed by atoms with van der Waals surface area (Å²) in [7, 11) is 1.29. The van der Waals surface area contributed by atoms with Crippen LogP contribution in [0, 0.1) is 6.92 Å². The maximum absolute atomic E-state index is 12.0. The van der Waals surface area contributed by atoms with E-state index in [2.05, 4.69) is 15.2 Å². The monoisotopic (exact) mass is 394 g/mol. The summed E-state index contributed by atoms with van der Waals surface area (Å²) in [5.74, 6) is 0.0683. The zero-order valence-corrected chi connectivity index (χ0v) is 15.8. The van der Waals surface area contributed by atoms with Crippen LogP contribution in [0.3, 0.4) is 0 Å². The van der Waals surface area contributed by atoms with Crippen molar-refractivity contribution in [3.63, 3.8) is 0 Å². The molecular weight excluding hydrogens is 380 g/mol. The van der Waals surface area contributed by atoms with Gasteiger partial charge in [-0.25, -0.2) is 9.48 Å². The smallest absolute Gasteiger partial charge is 0.358 e. The van der Waals surface area contributed by atoms with Gasteiger partial charge in [-0.1, -0.05) is 46.6 Å². The predicted molar refractivity (Wildman–Crippen MR) is 103 cm³/mol. The van der Waals surface area contributed by atoms with Crippen LogP contribution in [0.2, 0.25) is 5.02 Å². The van der Waals surface area contributed by atoms with E-state index in [1.165, 1.54) is 11.8 Å². The quantitative estimate of drug-likeness (QED) is 0.479. The van der Waals surface area contributed by atoms with E-state index in [0.717, 1.165) is 11.1 Å². The molecule has 2 aromatic carbocycles. The summed E-state index contributed by atoms with van der Waals surface area (Å²) in [6.07, 6.45) is 0. The number of para-hydroxylation sites is 1. The summed E-state index contributed by atoms with van der Waals surface area (Å²) in [6.45, 7) is 1.98. The van der Waals surface area contributed by atoms with Crippen LogP contribution in [-0.2, 0) is 4.74 Å². The van der Waals surface area contributed by atoms with Gasteiger partial charge in [0.15, 0.2) is 5.69 Å². The van der Waals surface area contributed by atoms with Crippen LogP contribution in [0.25, 0.3) is 28.7 Å². The highest BCUT2D eigenvalue weighted by Crippen LogP contribution is 2.28. The summed E-state index contributed by atoms with van der Waals surface area (Å²) in [4.78, 5) is 16.5. The zero-order chi connectivity index (χ0) is 19.7. The Balaban J connectivity index is 1.84. The molecular formula is C20H15ClN4O3. The van der Waals surface area contributed by atoms with Gasteiger partial charge < -0.3 is 9.26 Å². The molecule has 0 fully saturated rings. The second-order valence-electron chi connectivity index (χ2n) is 6.06. The SMILES string of the molecule is COC(=O)c1cc(-c2noc(-c3cccc(C)c3)n2)n(-c2ccccc2Cl)n1.